The van der Waals surface area contributed by atoms with E-state index in [9.17, 15) is 29.3 Å². The molecule has 0 radical (unpaired) electrons. The summed E-state index contributed by atoms with van der Waals surface area (Å²) in [5.41, 5.74) is 1.49. The summed E-state index contributed by atoms with van der Waals surface area (Å²) >= 11 is 1.09. The van der Waals surface area contributed by atoms with Gasteiger partial charge in [-0.05, 0) is 17.5 Å². The van der Waals surface area contributed by atoms with Crippen LogP contribution >= 0.6 is 11.8 Å². The number of non-ortho nitro benzene ring substituents is 1. The Bertz CT molecular complexity index is 1080. The molecule has 0 fully saturated rings. The molecule has 37 heavy (non-hydrogen) atoms. The van der Waals surface area contributed by atoms with Gasteiger partial charge in [0.15, 0.2) is 5.12 Å². The number of carbonyl (C=O) groups excluding carboxylic acids is 3. The lowest BCUT2D eigenvalue weighted by Crippen LogP contribution is -2.53. The molecule has 0 aliphatic rings. The molecule has 12 heteroatoms. The Kier molecular flexibility index (Phi) is 12.1. The fraction of sp³-hybridized carbons (Fsp3) is 0.360. The van der Waals surface area contributed by atoms with Crippen molar-refractivity contribution in [3.05, 3.63) is 75.8 Å². The van der Waals surface area contributed by atoms with E-state index in [4.69, 9.17) is 5.11 Å². The van der Waals surface area contributed by atoms with Crippen molar-refractivity contribution in [1.29, 1.82) is 0 Å². The zero-order chi connectivity index (χ0) is 27.2. The summed E-state index contributed by atoms with van der Waals surface area (Å²) < 4.78 is 0. The molecule has 0 heterocycles. The van der Waals surface area contributed by atoms with E-state index in [1.165, 1.54) is 36.1 Å². The molecule has 2 aromatic carbocycles. The summed E-state index contributed by atoms with van der Waals surface area (Å²) in [6.45, 7) is 1.95. The number of urea groups is 1. The van der Waals surface area contributed by atoms with Crippen molar-refractivity contribution >= 4 is 40.5 Å². The highest BCUT2D eigenvalue weighted by Gasteiger charge is 2.24. The van der Waals surface area contributed by atoms with E-state index >= 15 is 0 Å². The smallest absolute Gasteiger partial charge is 0.318 e. The van der Waals surface area contributed by atoms with Crippen molar-refractivity contribution in [2.24, 2.45) is 0 Å². The van der Waals surface area contributed by atoms with Crippen LogP contribution in [0.5, 0.6) is 0 Å². The predicted molar refractivity (Wildman–Crippen MR) is 139 cm³/mol. The Hall–Kier alpha value is -3.93. The van der Waals surface area contributed by atoms with Crippen LogP contribution in [0.4, 0.5) is 10.5 Å². The monoisotopic (exact) mass is 530 g/mol. The molecule has 3 amide bonds. The number of hydrogen-bond acceptors (Lipinski definition) is 7. The summed E-state index contributed by atoms with van der Waals surface area (Å²) in [7, 11) is 0. The van der Waals surface area contributed by atoms with Gasteiger partial charge in [0.1, 0.15) is 6.04 Å². The molecule has 11 nitrogen and oxygen atoms in total. The molecule has 0 unspecified atom stereocenters. The Labute approximate surface area is 218 Å². The second kappa shape index (κ2) is 15.2. The number of aliphatic carboxylic acids is 1. The van der Waals surface area contributed by atoms with Gasteiger partial charge in [-0.15, -0.1) is 0 Å². The van der Waals surface area contributed by atoms with Crippen molar-refractivity contribution in [1.82, 2.24) is 15.5 Å². The molecule has 2 rings (SSSR count). The average Bonchev–Trinajstić information content (AvgIpc) is 2.86. The normalized spacial score (nSPS) is 11.3. The Morgan fingerprint density at radius 2 is 1.70 bits per heavy atom. The summed E-state index contributed by atoms with van der Waals surface area (Å²) in [4.78, 5) is 60.2. The van der Waals surface area contributed by atoms with Gasteiger partial charge < -0.3 is 20.6 Å². The van der Waals surface area contributed by atoms with Gasteiger partial charge in [0, 0.05) is 50.9 Å². The van der Waals surface area contributed by atoms with E-state index in [2.05, 4.69) is 10.6 Å². The molecule has 0 aliphatic carbocycles. The van der Waals surface area contributed by atoms with Gasteiger partial charge in [0.25, 0.3) is 5.69 Å². The molecular weight excluding hydrogens is 500 g/mol. The molecule has 1 atom stereocenters. The van der Waals surface area contributed by atoms with Crippen molar-refractivity contribution in [3.63, 3.8) is 0 Å². The number of carboxylic acids is 1. The molecule has 0 bridgehead atoms. The SMILES string of the molecule is CC(=O)SCCN(CCc1ccccc1)C(=O)N[C@@H](Cc1ccc([N+](=O)[O-])cc1)C(=O)NCCC(=O)O. The molecular formula is C25H30N4O7S. The Balaban J connectivity index is 2.16. The van der Waals surface area contributed by atoms with Gasteiger partial charge in [-0.1, -0.05) is 54.2 Å². The molecule has 0 spiro atoms. The number of thioether (sulfide) groups is 1. The lowest BCUT2D eigenvalue weighted by molar-refractivity contribution is -0.384. The lowest BCUT2D eigenvalue weighted by Gasteiger charge is -2.26. The number of carboxylic acid groups (broad SMARTS) is 1. The van der Waals surface area contributed by atoms with Crippen LogP contribution in [0.3, 0.4) is 0 Å². The number of nitrogens with one attached hydrogen (secondary N) is 2. The molecule has 198 valence electrons. The third-order valence-electron chi connectivity index (χ3n) is 5.31. The standard InChI is InChI=1S/C25H30N4O7S/c1-18(30)37-16-15-28(14-12-19-5-3-2-4-6-19)25(34)27-22(24(33)26-13-11-23(31)32)17-20-7-9-21(10-8-20)29(35)36/h2-10,22H,11-17H2,1H3,(H,26,33)(H,27,34)(H,31,32)/t22-/m0/s1. The largest absolute Gasteiger partial charge is 0.481 e. The minimum atomic E-state index is -1.08. The summed E-state index contributed by atoms with van der Waals surface area (Å²) in [6, 6.07) is 13.6. The summed E-state index contributed by atoms with van der Waals surface area (Å²) in [6.07, 6.45) is 0.323. The van der Waals surface area contributed by atoms with Crippen molar-refractivity contribution in [3.8, 4) is 0 Å². The first-order valence-corrected chi connectivity index (χ1v) is 12.6. The fourth-order valence-electron chi connectivity index (χ4n) is 3.38. The quantitative estimate of drug-likeness (QED) is 0.248. The van der Waals surface area contributed by atoms with E-state index in [0.717, 1.165) is 17.3 Å². The van der Waals surface area contributed by atoms with Crippen LogP contribution < -0.4 is 10.6 Å². The average molecular weight is 531 g/mol. The highest BCUT2D eigenvalue weighted by molar-refractivity contribution is 8.13. The van der Waals surface area contributed by atoms with Crippen LogP contribution in [0.1, 0.15) is 24.5 Å². The number of carbonyl (C=O) groups is 4. The van der Waals surface area contributed by atoms with E-state index in [-0.39, 0.29) is 36.7 Å². The molecule has 0 aliphatic heterocycles. The van der Waals surface area contributed by atoms with Gasteiger partial charge >= 0.3 is 12.0 Å². The second-order valence-electron chi connectivity index (χ2n) is 8.13. The van der Waals surface area contributed by atoms with Crippen LogP contribution in [0.2, 0.25) is 0 Å². The number of nitro benzene ring substituents is 1. The maximum absolute atomic E-state index is 13.2. The van der Waals surface area contributed by atoms with Crippen LogP contribution in [-0.4, -0.2) is 69.4 Å². The minimum absolute atomic E-state index is 0.0390. The first kappa shape index (κ1) is 29.3. The first-order valence-electron chi connectivity index (χ1n) is 11.6. The van der Waals surface area contributed by atoms with E-state index in [0.29, 0.717) is 24.3 Å². The lowest BCUT2D eigenvalue weighted by atomic mass is 10.0. The van der Waals surface area contributed by atoms with Gasteiger partial charge in [0.05, 0.1) is 11.3 Å². The third kappa shape index (κ3) is 11.1. The van der Waals surface area contributed by atoms with Crippen LogP contribution in [0.15, 0.2) is 54.6 Å². The molecule has 3 N–H and O–H groups in total. The van der Waals surface area contributed by atoms with Gasteiger partial charge in [-0.25, -0.2) is 4.79 Å². The molecule has 0 saturated carbocycles. The number of amides is 3. The number of hydrogen-bond donors (Lipinski definition) is 3. The van der Waals surface area contributed by atoms with Gasteiger partial charge in [-0.2, -0.15) is 0 Å². The number of nitro groups is 1. The van der Waals surface area contributed by atoms with Crippen molar-refractivity contribution in [2.45, 2.75) is 32.2 Å². The Morgan fingerprint density at radius 1 is 1.03 bits per heavy atom. The zero-order valence-electron chi connectivity index (χ0n) is 20.4. The second-order valence-corrected chi connectivity index (χ2v) is 9.40. The maximum Gasteiger partial charge on any atom is 0.318 e. The van der Waals surface area contributed by atoms with Crippen LogP contribution in [0.25, 0.3) is 0 Å². The van der Waals surface area contributed by atoms with Crippen LogP contribution in [-0.2, 0) is 27.2 Å². The minimum Gasteiger partial charge on any atom is -0.481 e. The van der Waals surface area contributed by atoms with E-state index in [1.54, 1.807) is 0 Å². The van der Waals surface area contributed by atoms with Crippen molar-refractivity contribution in [2.75, 3.05) is 25.4 Å². The molecule has 0 aromatic heterocycles. The van der Waals surface area contributed by atoms with Gasteiger partial charge in [0.2, 0.25) is 5.91 Å². The first-order chi connectivity index (χ1) is 17.7. The highest BCUT2D eigenvalue weighted by atomic mass is 32.2. The third-order valence-corrected chi connectivity index (χ3v) is 6.10. The van der Waals surface area contributed by atoms with Crippen LogP contribution in [0, 0.1) is 10.1 Å². The highest BCUT2D eigenvalue weighted by Crippen LogP contribution is 2.14. The van der Waals surface area contributed by atoms with Crippen molar-refractivity contribution < 1.29 is 29.2 Å². The summed E-state index contributed by atoms with van der Waals surface area (Å²) in [5, 5.41) is 24.9. The fourth-order valence-corrected chi connectivity index (χ4v) is 3.98. The summed E-state index contributed by atoms with van der Waals surface area (Å²) in [5.74, 6) is -1.27. The van der Waals surface area contributed by atoms with Gasteiger partial charge in [-0.3, -0.25) is 24.5 Å². The topological polar surface area (TPSA) is 159 Å². The maximum atomic E-state index is 13.2. The number of nitrogens with zero attached hydrogens (tertiary/aromatic N) is 2. The number of rotatable bonds is 14. The molecule has 2 aromatic rings. The number of benzene rings is 2. The Morgan fingerprint density at radius 3 is 2.30 bits per heavy atom. The van der Waals surface area contributed by atoms with E-state index < -0.39 is 28.9 Å². The molecule has 0 saturated heterocycles. The van der Waals surface area contributed by atoms with E-state index in [1.807, 2.05) is 30.3 Å². The predicted octanol–water partition coefficient (Wildman–Crippen LogP) is 2.63. The zero-order valence-corrected chi connectivity index (χ0v) is 21.2.